The maximum atomic E-state index is 13.4. The van der Waals surface area contributed by atoms with Crippen LogP contribution in [0.4, 0.5) is 11.4 Å². The quantitative estimate of drug-likeness (QED) is 0.643. The molecule has 1 atom stereocenters. The van der Waals surface area contributed by atoms with E-state index in [1.165, 1.54) is 11.8 Å². The molecule has 0 radical (unpaired) electrons. The van der Waals surface area contributed by atoms with Crippen molar-refractivity contribution in [1.29, 1.82) is 0 Å². The Kier molecular flexibility index (Phi) is 4.83. The minimum Gasteiger partial charge on any atom is -0.322 e. The smallest absolute Gasteiger partial charge is 0.250 e. The van der Waals surface area contributed by atoms with Gasteiger partial charge in [0.05, 0.1) is 16.6 Å². The van der Waals surface area contributed by atoms with Gasteiger partial charge >= 0.3 is 0 Å². The predicted molar refractivity (Wildman–Crippen MR) is 112 cm³/mol. The lowest BCUT2D eigenvalue weighted by molar-refractivity contribution is -0.126. The van der Waals surface area contributed by atoms with Crippen LogP contribution in [-0.2, 0) is 9.59 Å². The van der Waals surface area contributed by atoms with Gasteiger partial charge in [0.15, 0.2) is 5.82 Å². The molecule has 0 fully saturated rings. The molecule has 2 aromatic heterocycles. The maximum absolute atomic E-state index is 13.4. The summed E-state index contributed by atoms with van der Waals surface area (Å²) in [7, 11) is 0. The Bertz CT molecular complexity index is 1070. The van der Waals surface area contributed by atoms with E-state index < -0.39 is 10.8 Å². The van der Waals surface area contributed by atoms with Crippen LogP contribution in [0.25, 0.3) is 11.4 Å². The molecule has 0 saturated heterocycles. The number of hydrogen-bond acceptors (Lipinski definition) is 6. The summed E-state index contributed by atoms with van der Waals surface area (Å²) in [6.45, 7) is 5.27. The van der Waals surface area contributed by atoms with Gasteiger partial charge in [-0.1, -0.05) is 23.9 Å². The molecule has 1 aliphatic heterocycles. The lowest BCUT2D eigenvalue weighted by Crippen LogP contribution is -2.60. The first-order chi connectivity index (χ1) is 13.9. The second-order valence-corrected chi connectivity index (χ2v) is 8.47. The van der Waals surface area contributed by atoms with Gasteiger partial charge < -0.3 is 5.32 Å². The summed E-state index contributed by atoms with van der Waals surface area (Å²) in [4.78, 5) is 36.0. The number of thioether (sulfide) groups is 1. The van der Waals surface area contributed by atoms with Crippen molar-refractivity contribution in [3.8, 4) is 11.4 Å². The lowest BCUT2D eigenvalue weighted by atomic mass is 9.96. The van der Waals surface area contributed by atoms with E-state index in [9.17, 15) is 9.59 Å². The molecule has 1 aromatic carbocycles. The van der Waals surface area contributed by atoms with Crippen LogP contribution in [0, 0.1) is 0 Å². The highest BCUT2D eigenvalue weighted by Gasteiger charge is 2.44. The van der Waals surface area contributed by atoms with Crippen LogP contribution in [-0.4, -0.2) is 42.8 Å². The third kappa shape index (κ3) is 3.49. The third-order valence-electron chi connectivity index (χ3n) is 4.78. The van der Waals surface area contributed by atoms with Gasteiger partial charge in [0.2, 0.25) is 17.0 Å². The number of hydrogen-bond donors (Lipinski definition) is 2. The number of aromatic nitrogens is 4. The predicted octanol–water partition coefficient (Wildman–Crippen LogP) is 3.11. The number of nitrogens with one attached hydrogen (secondary N) is 2. The van der Waals surface area contributed by atoms with Gasteiger partial charge in [-0.25, -0.2) is 4.98 Å². The average Bonchev–Trinajstić information content (AvgIpc) is 3.17. The van der Waals surface area contributed by atoms with Crippen molar-refractivity contribution >= 4 is 35.0 Å². The summed E-state index contributed by atoms with van der Waals surface area (Å²) in [5.41, 5.74) is 1.16. The first-order valence-electron chi connectivity index (χ1n) is 9.12. The number of aromatic amines is 1. The van der Waals surface area contributed by atoms with Crippen LogP contribution in [0.3, 0.4) is 0 Å². The number of fused-ring (bicyclic) bond motifs is 1. The number of carbonyl (C=O) groups excluding carboxylic acids is 2. The number of amides is 2. The summed E-state index contributed by atoms with van der Waals surface area (Å²) in [6, 6.07) is 11.0. The van der Waals surface area contributed by atoms with Gasteiger partial charge in [0.25, 0.3) is 0 Å². The highest BCUT2D eigenvalue weighted by atomic mass is 32.2. The monoisotopic (exact) mass is 408 g/mol. The number of pyridine rings is 1. The van der Waals surface area contributed by atoms with Crippen LogP contribution in [0.2, 0.25) is 0 Å². The molecule has 3 heterocycles. The summed E-state index contributed by atoms with van der Waals surface area (Å²) in [5.74, 6) is 0.203. The van der Waals surface area contributed by atoms with Crippen molar-refractivity contribution in [2.75, 3.05) is 10.2 Å². The maximum Gasteiger partial charge on any atom is 0.250 e. The Hall–Kier alpha value is -3.20. The Morgan fingerprint density at radius 1 is 1.17 bits per heavy atom. The first kappa shape index (κ1) is 19.1. The molecule has 2 N–H and O–H groups in total. The van der Waals surface area contributed by atoms with Crippen molar-refractivity contribution in [1.82, 2.24) is 20.2 Å². The van der Waals surface area contributed by atoms with Crippen LogP contribution < -0.4 is 10.2 Å². The van der Waals surface area contributed by atoms with Gasteiger partial charge in [-0.2, -0.15) is 0 Å². The zero-order valence-corrected chi connectivity index (χ0v) is 17.0. The number of para-hydroxylation sites is 2. The van der Waals surface area contributed by atoms with Crippen LogP contribution >= 0.6 is 11.8 Å². The van der Waals surface area contributed by atoms with E-state index in [-0.39, 0.29) is 11.8 Å². The lowest BCUT2D eigenvalue weighted by Gasteiger charge is -2.42. The molecule has 148 valence electrons. The largest absolute Gasteiger partial charge is 0.322 e. The number of nitrogens with zero attached hydrogens (tertiary/aromatic N) is 4. The normalized spacial score (nSPS) is 16.1. The Morgan fingerprint density at radius 2 is 1.90 bits per heavy atom. The highest BCUT2D eigenvalue weighted by molar-refractivity contribution is 8.00. The average molecular weight is 408 g/mol. The highest BCUT2D eigenvalue weighted by Crippen LogP contribution is 2.38. The van der Waals surface area contributed by atoms with Crippen molar-refractivity contribution in [3.05, 3.63) is 48.8 Å². The molecule has 8 nitrogen and oxygen atoms in total. The molecule has 4 rings (SSSR count). The molecule has 0 saturated carbocycles. The van der Waals surface area contributed by atoms with E-state index in [1.807, 2.05) is 30.3 Å². The fourth-order valence-electron chi connectivity index (χ4n) is 3.17. The van der Waals surface area contributed by atoms with E-state index in [0.29, 0.717) is 22.4 Å². The minimum absolute atomic E-state index is 0.183. The molecule has 0 aliphatic carbocycles. The van der Waals surface area contributed by atoms with Crippen molar-refractivity contribution < 1.29 is 9.59 Å². The molecule has 1 aliphatic rings. The fourth-order valence-corrected chi connectivity index (χ4v) is 3.94. The summed E-state index contributed by atoms with van der Waals surface area (Å²) in [6.07, 6.45) is 3.36. The van der Waals surface area contributed by atoms with Crippen molar-refractivity contribution in [2.45, 2.75) is 36.7 Å². The Morgan fingerprint density at radius 3 is 2.66 bits per heavy atom. The Labute approximate surface area is 172 Å². The Balaban J connectivity index is 1.58. The molecule has 9 heteroatoms. The van der Waals surface area contributed by atoms with E-state index in [4.69, 9.17) is 0 Å². The number of carbonyl (C=O) groups is 2. The van der Waals surface area contributed by atoms with Crippen LogP contribution in [0.5, 0.6) is 0 Å². The topological polar surface area (TPSA) is 104 Å². The van der Waals surface area contributed by atoms with Gasteiger partial charge in [0, 0.05) is 18.0 Å². The van der Waals surface area contributed by atoms with E-state index in [2.05, 4.69) is 25.5 Å². The summed E-state index contributed by atoms with van der Waals surface area (Å²) >= 11 is 1.25. The van der Waals surface area contributed by atoms with Gasteiger partial charge in [-0.05, 0) is 45.0 Å². The van der Waals surface area contributed by atoms with Crippen molar-refractivity contribution in [2.24, 2.45) is 0 Å². The molecule has 3 aromatic rings. The molecule has 0 bridgehead atoms. The SMILES string of the molecule is C[C@@H](Sc1n[nH]c(-c2ccncc2)n1)C(=O)N1c2ccccc2NC(=O)C1(C)C. The van der Waals surface area contributed by atoms with Gasteiger partial charge in [0.1, 0.15) is 5.54 Å². The molecule has 29 heavy (non-hydrogen) atoms. The van der Waals surface area contributed by atoms with Crippen LogP contribution in [0.1, 0.15) is 20.8 Å². The summed E-state index contributed by atoms with van der Waals surface area (Å²) in [5, 5.41) is 9.94. The molecule has 2 amide bonds. The second-order valence-electron chi connectivity index (χ2n) is 7.17. The zero-order valence-electron chi connectivity index (χ0n) is 16.2. The zero-order chi connectivity index (χ0) is 20.6. The molecule has 0 spiro atoms. The fraction of sp³-hybridized carbons (Fsp3) is 0.250. The number of rotatable bonds is 4. The van der Waals surface area contributed by atoms with Gasteiger partial charge in [-0.15, -0.1) is 5.10 Å². The van der Waals surface area contributed by atoms with E-state index in [0.717, 1.165) is 5.56 Å². The van der Waals surface area contributed by atoms with Gasteiger partial charge in [-0.3, -0.25) is 24.6 Å². The van der Waals surface area contributed by atoms with Crippen molar-refractivity contribution in [3.63, 3.8) is 0 Å². The number of H-pyrrole nitrogens is 1. The molecule has 0 unspecified atom stereocenters. The van der Waals surface area contributed by atoms with E-state index >= 15 is 0 Å². The summed E-state index contributed by atoms with van der Waals surface area (Å²) < 4.78 is 0. The third-order valence-corrected chi connectivity index (χ3v) is 5.73. The van der Waals surface area contributed by atoms with Crippen LogP contribution in [0.15, 0.2) is 53.9 Å². The molecular weight excluding hydrogens is 388 g/mol. The number of benzene rings is 1. The first-order valence-corrected chi connectivity index (χ1v) is 10.00. The van der Waals surface area contributed by atoms with E-state index in [1.54, 1.807) is 44.1 Å². The molecular formula is C20H20N6O2S. The number of anilines is 2. The standard InChI is InChI=1S/C20H20N6O2S/c1-12(29-19-23-16(24-25-19)13-8-10-21-11-9-13)17(27)26-15-7-5-4-6-14(15)22-18(28)20(26,2)3/h4-12H,1-3H3,(H,22,28)(H,23,24,25)/t12-/m1/s1. The second kappa shape index (κ2) is 7.32. The minimum atomic E-state index is -1.01.